The Hall–Kier alpha value is -2.17. The molecule has 0 bridgehead atoms. The third kappa shape index (κ3) is 3.96. The smallest absolute Gasteiger partial charge is 0.324 e. The molecule has 2 aliphatic heterocycles. The van der Waals surface area contributed by atoms with Crippen LogP contribution in [0.1, 0.15) is 18.7 Å². The second-order valence-electron chi connectivity index (χ2n) is 7.67. The first kappa shape index (κ1) is 20.1. The summed E-state index contributed by atoms with van der Waals surface area (Å²) >= 11 is 0. The van der Waals surface area contributed by atoms with Crippen molar-refractivity contribution in [1.29, 1.82) is 0 Å². The van der Waals surface area contributed by atoms with Crippen LogP contribution in [0.3, 0.4) is 0 Å². The maximum absolute atomic E-state index is 12.9. The topological polar surface area (TPSA) is 98.0 Å². The average Bonchev–Trinajstić information content (AvgIpc) is 3.19. The fourth-order valence-electron chi connectivity index (χ4n) is 3.98. The lowest BCUT2D eigenvalue weighted by Gasteiger charge is -2.52. The van der Waals surface area contributed by atoms with Gasteiger partial charge < -0.3 is 18.9 Å². The standard InChI is InChI=1S/C19H26N4O5S/c1-26-12-7-17-20-18(28-21-17)22-13-19(14-22)8-10-23(11-9-19)29(24,25)16-5-3-15(27-2)4-6-16/h3-6H,7-14H2,1-2H3. The minimum atomic E-state index is -3.48. The summed E-state index contributed by atoms with van der Waals surface area (Å²) in [6, 6.07) is 7.08. The van der Waals surface area contributed by atoms with E-state index in [0.29, 0.717) is 48.6 Å². The van der Waals surface area contributed by atoms with Gasteiger partial charge in [0.05, 0.1) is 18.6 Å². The van der Waals surface area contributed by atoms with Crippen LogP contribution in [0.25, 0.3) is 0 Å². The number of benzene rings is 1. The zero-order chi connectivity index (χ0) is 20.5. The lowest BCUT2D eigenvalue weighted by atomic mass is 9.72. The number of piperidine rings is 1. The number of nitrogens with zero attached hydrogens (tertiary/aromatic N) is 4. The molecule has 0 radical (unpaired) electrons. The highest BCUT2D eigenvalue weighted by molar-refractivity contribution is 7.89. The van der Waals surface area contributed by atoms with Crippen LogP contribution in [0.5, 0.6) is 5.75 Å². The van der Waals surface area contributed by atoms with Gasteiger partial charge in [-0.3, -0.25) is 0 Å². The van der Waals surface area contributed by atoms with Gasteiger partial charge in [0, 0.05) is 45.1 Å². The van der Waals surface area contributed by atoms with Crippen molar-refractivity contribution in [1.82, 2.24) is 14.4 Å². The van der Waals surface area contributed by atoms with E-state index in [-0.39, 0.29) is 5.41 Å². The zero-order valence-electron chi connectivity index (χ0n) is 16.7. The minimum absolute atomic E-state index is 0.118. The van der Waals surface area contributed by atoms with E-state index in [9.17, 15) is 8.42 Å². The van der Waals surface area contributed by atoms with Gasteiger partial charge in [0.25, 0.3) is 0 Å². The summed E-state index contributed by atoms with van der Waals surface area (Å²) in [5.41, 5.74) is 0.118. The van der Waals surface area contributed by atoms with Gasteiger partial charge in [0.2, 0.25) is 10.0 Å². The first-order valence-corrected chi connectivity index (χ1v) is 11.1. The van der Waals surface area contributed by atoms with Crippen LogP contribution in [0, 0.1) is 5.41 Å². The van der Waals surface area contributed by atoms with Crippen molar-refractivity contribution in [2.24, 2.45) is 5.41 Å². The SMILES string of the molecule is COCCc1noc(N2CC3(CCN(S(=O)(=O)c4ccc(OC)cc4)CC3)C2)n1. The van der Waals surface area contributed by atoms with Crippen molar-refractivity contribution >= 4 is 16.0 Å². The summed E-state index contributed by atoms with van der Waals surface area (Å²) in [5.74, 6) is 1.28. The molecule has 158 valence electrons. The van der Waals surface area contributed by atoms with Crippen molar-refractivity contribution in [3.8, 4) is 5.75 Å². The monoisotopic (exact) mass is 422 g/mol. The molecule has 2 fully saturated rings. The van der Waals surface area contributed by atoms with Crippen LogP contribution >= 0.6 is 0 Å². The molecule has 9 nitrogen and oxygen atoms in total. The summed E-state index contributed by atoms with van der Waals surface area (Å²) in [7, 11) is -0.281. The van der Waals surface area contributed by atoms with Gasteiger partial charge in [-0.15, -0.1) is 0 Å². The van der Waals surface area contributed by atoms with Crippen molar-refractivity contribution in [2.45, 2.75) is 24.2 Å². The fraction of sp³-hybridized carbons (Fsp3) is 0.579. The lowest BCUT2D eigenvalue weighted by molar-refractivity contribution is 0.108. The Labute approximate surface area is 170 Å². The molecule has 4 rings (SSSR count). The second kappa shape index (κ2) is 7.92. The van der Waals surface area contributed by atoms with Gasteiger partial charge in [-0.05, 0) is 37.1 Å². The van der Waals surface area contributed by atoms with Crippen molar-refractivity contribution in [3.05, 3.63) is 30.1 Å². The lowest BCUT2D eigenvalue weighted by Crippen LogP contribution is -2.61. The fourth-order valence-corrected chi connectivity index (χ4v) is 5.42. The third-order valence-corrected chi connectivity index (χ3v) is 7.70. The van der Waals surface area contributed by atoms with E-state index in [4.69, 9.17) is 14.0 Å². The van der Waals surface area contributed by atoms with Crippen LogP contribution in [0.15, 0.2) is 33.7 Å². The zero-order valence-corrected chi connectivity index (χ0v) is 17.5. The Bertz CT molecular complexity index is 928. The molecule has 0 aliphatic carbocycles. The first-order chi connectivity index (χ1) is 14.0. The molecule has 2 saturated heterocycles. The summed E-state index contributed by atoms with van der Waals surface area (Å²) in [5, 5.41) is 3.98. The third-order valence-electron chi connectivity index (χ3n) is 5.79. The molecule has 0 amide bonds. The van der Waals surface area contributed by atoms with Gasteiger partial charge in [-0.25, -0.2) is 8.42 Å². The van der Waals surface area contributed by atoms with E-state index in [0.717, 1.165) is 25.9 Å². The highest BCUT2D eigenvalue weighted by Gasteiger charge is 2.48. The molecule has 1 spiro atoms. The van der Waals surface area contributed by atoms with Crippen LogP contribution in [0.4, 0.5) is 6.01 Å². The maximum atomic E-state index is 12.9. The number of hydrogen-bond acceptors (Lipinski definition) is 8. The van der Waals surface area contributed by atoms with E-state index < -0.39 is 10.0 Å². The second-order valence-corrected chi connectivity index (χ2v) is 9.61. The molecular formula is C19H26N4O5S. The largest absolute Gasteiger partial charge is 0.497 e. The van der Waals surface area contributed by atoms with E-state index >= 15 is 0 Å². The van der Waals surface area contributed by atoms with E-state index in [2.05, 4.69) is 15.0 Å². The summed E-state index contributed by atoms with van der Waals surface area (Å²) < 4.78 is 42.9. The van der Waals surface area contributed by atoms with Gasteiger partial charge in [-0.2, -0.15) is 9.29 Å². The predicted molar refractivity (Wildman–Crippen MR) is 106 cm³/mol. The molecule has 0 atom stereocenters. The molecule has 10 heteroatoms. The quantitative estimate of drug-likeness (QED) is 0.663. The highest BCUT2D eigenvalue weighted by Crippen LogP contribution is 2.43. The average molecular weight is 423 g/mol. The van der Waals surface area contributed by atoms with Gasteiger partial charge in [-0.1, -0.05) is 5.16 Å². The predicted octanol–water partition coefficient (Wildman–Crippen LogP) is 1.56. The van der Waals surface area contributed by atoms with Crippen molar-refractivity contribution in [2.75, 3.05) is 51.9 Å². The van der Waals surface area contributed by atoms with Crippen molar-refractivity contribution < 1.29 is 22.4 Å². The molecule has 29 heavy (non-hydrogen) atoms. The van der Waals surface area contributed by atoms with E-state index in [1.165, 1.54) is 0 Å². The summed E-state index contributed by atoms with van der Waals surface area (Å²) in [4.78, 5) is 6.78. The number of rotatable bonds is 7. The number of hydrogen-bond donors (Lipinski definition) is 0. The molecule has 2 aliphatic rings. The Balaban J connectivity index is 1.33. The van der Waals surface area contributed by atoms with Crippen LogP contribution in [0.2, 0.25) is 0 Å². The Morgan fingerprint density at radius 2 is 1.83 bits per heavy atom. The summed E-state index contributed by atoms with van der Waals surface area (Å²) in [6.07, 6.45) is 2.27. The van der Waals surface area contributed by atoms with E-state index in [1.807, 2.05) is 0 Å². The summed E-state index contributed by atoms with van der Waals surface area (Å²) in [6.45, 7) is 3.22. The normalized spacial score (nSPS) is 19.3. The molecular weight excluding hydrogens is 396 g/mol. The number of aromatic nitrogens is 2. The first-order valence-electron chi connectivity index (χ1n) is 9.66. The number of anilines is 1. The van der Waals surface area contributed by atoms with Crippen LogP contribution in [-0.4, -0.2) is 69.9 Å². The Morgan fingerprint density at radius 3 is 2.45 bits per heavy atom. The molecule has 1 aromatic carbocycles. The molecule has 0 saturated carbocycles. The minimum Gasteiger partial charge on any atom is -0.497 e. The maximum Gasteiger partial charge on any atom is 0.324 e. The van der Waals surface area contributed by atoms with E-state index in [1.54, 1.807) is 42.8 Å². The number of sulfonamides is 1. The molecule has 1 aromatic heterocycles. The molecule has 0 unspecified atom stereocenters. The van der Waals surface area contributed by atoms with Gasteiger partial charge in [0.1, 0.15) is 5.75 Å². The number of ether oxygens (including phenoxy) is 2. The van der Waals surface area contributed by atoms with Crippen molar-refractivity contribution in [3.63, 3.8) is 0 Å². The highest BCUT2D eigenvalue weighted by atomic mass is 32.2. The van der Waals surface area contributed by atoms with Crippen LogP contribution in [-0.2, 0) is 21.2 Å². The molecule has 3 heterocycles. The Morgan fingerprint density at radius 1 is 1.14 bits per heavy atom. The molecule has 2 aromatic rings. The van der Waals surface area contributed by atoms with Crippen LogP contribution < -0.4 is 9.64 Å². The number of methoxy groups -OCH3 is 2. The molecule has 0 N–H and O–H groups in total. The van der Waals surface area contributed by atoms with Gasteiger partial charge in [0.15, 0.2) is 5.82 Å². The Kier molecular flexibility index (Phi) is 5.50. The van der Waals surface area contributed by atoms with Gasteiger partial charge >= 0.3 is 6.01 Å².